The number of aromatic nitrogens is 2. The summed E-state index contributed by atoms with van der Waals surface area (Å²) in [5.41, 5.74) is 3.78. The highest BCUT2D eigenvalue weighted by molar-refractivity contribution is 8.18. The van der Waals surface area contributed by atoms with Gasteiger partial charge in [0.25, 0.3) is 17.1 Å². The van der Waals surface area contributed by atoms with Crippen LogP contribution in [0.1, 0.15) is 32.9 Å². The summed E-state index contributed by atoms with van der Waals surface area (Å²) in [6.45, 7) is 4.46. The van der Waals surface area contributed by atoms with E-state index in [1.165, 1.54) is 0 Å². The Morgan fingerprint density at radius 1 is 1.09 bits per heavy atom. The lowest BCUT2D eigenvalue weighted by Crippen LogP contribution is -2.37. The Balaban J connectivity index is 1.36. The van der Waals surface area contributed by atoms with Crippen LogP contribution in [-0.2, 0) is 11.3 Å². The van der Waals surface area contributed by atoms with E-state index in [-0.39, 0.29) is 30.1 Å². The second-order valence-electron chi connectivity index (χ2n) is 8.05. The van der Waals surface area contributed by atoms with Gasteiger partial charge in [-0.1, -0.05) is 42.5 Å². The molecule has 1 aliphatic rings. The Labute approximate surface area is 208 Å². The first kappa shape index (κ1) is 24.3. The Kier molecular flexibility index (Phi) is 7.36. The van der Waals surface area contributed by atoms with Crippen LogP contribution < -0.4 is 10.1 Å². The minimum atomic E-state index is -0.367. The van der Waals surface area contributed by atoms with Crippen LogP contribution in [0.5, 0.6) is 5.75 Å². The zero-order valence-corrected chi connectivity index (χ0v) is 20.6. The summed E-state index contributed by atoms with van der Waals surface area (Å²) in [5, 5.41) is 6.98. The van der Waals surface area contributed by atoms with Gasteiger partial charge in [-0.3, -0.25) is 24.0 Å². The maximum Gasteiger partial charge on any atom is 0.293 e. The van der Waals surface area contributed by atoms with Gasteiger partial charge in [-0.2, -0.15) is 5.10 Å². The Morgan fingerprint density at radius 2 is 1.80 bits per heavy atom. The molecule has 1 aliphatic heterocycles. The van der Waals surface area contributed by atoms with Gasteiger partial charge in [-0.25, -0.2) is 0 Å². The van der Waals surface area contributed by atoms with Gasteiger partial charge in [0.1, 0.15) is 5.75 Å². The molecule has 0 saturated carbocycles. The van der Waals surface area contributed by atoms with Gasteiger partial charge in [-0.15, -0.1) is 0 Å². The molecule has 9 heteroatoms. The number of ether oxygens (including phenoxy) is 1. The summed E-state index contributed by atoms with van der Waals surface area (Å²) in [6, 6.07) is 17.1. The van der Waals surface area contributed by atoms with E-state index in [0.29, 0.717) is 28.5 Å². The van der Waals surface area contributed by atoms with Crippen LogP contribution >= 0.6 is 11.8 Å². The maximum atomic E-state index is 12.9. The molecule has 3 aromatic rings. The third kappa shape index (κ3) is 5.46. The van der Waals surface area contributed by atoms with Crippen molar-refractivity contribution in [3.63, 3.8) is 0 Å². The first-order valence-electron chi connectivity index (χ1n) is 11.1. The summed E-state index contributed by atoms with van der Waals surface area (Å²) in [7, 11) is 1.58. The van der Waals surface area contributed by atoms with E-state index in [0.717, 1.165) is 33.5 Å². The number of carbonyl (C=O) groups is 3. The van der Waals surface area contributed by atoms with Gasteiger partial charge in [0, 0.05) is 18.8 Å². The number of aryl methyl sites for hydroxylation is 1. The maximum absolute atomic E-state index is 12.9. The highest BCUT2D eigenvalue weighted by atomic mass is 32.2. The molecular weight excluding hydrogens is 464 g/mol. The van der Waals surface area contributed by atoms with Crippen LogP contribution in [0.3, 0.4) is 0 Å². The van der Waals surface area contributed by atoms with E-state index < -0.39 is 0 Å². The lowest BCUT2D eigenvalue weighted by Gasteiger charge is -2.13. The molecule has 0 unspecified atom stereocenters. The van der Waals surface area contributed by atoms with Crippen molar-refractivity contribution < 1.29 is 19.1 Å². The molecule has 4 rings (SSSR count). The molecule has 0 bridgehead atoms. The molecule has 1 saturated heterocycles. The molecule has 0 atom stereocenters. The molecule has 35 heavy (non-hydrogen) atoms. The van der Waals surface area contributed by atoms with Crippen molar-refractivity contribution in [3.05, 3.63) is 87.6 Å². The Hall–Kier alpha value is -3.85. The molecule has 2 heterocycles. The molecular formula is C26H26N4O4S. The average molecular weight is 491 g/mol. The topological polar surface area (TPSA) is 93.5 Å². The average Bonchev–Trinajstić information content (AvgIpc) is 3.28. The third-order valence-electron chi connectivity index (χ3n) is 5.69. The monoisotopic (exact) mass is 490 g/mol. The molecule has 0 radical (unpaired) electrons. The number of amides is 3. The van der Waals surface area contributed by atoms with Crippen molar-refractivity contribution in [2.24, 2.45) is 0 Å². The van der Waals surface area contributed by atoms with Crippen LogP contribution in [0.2, 0.25) is 0 Å². The van der Waals surface area contributed by atoms with Crippen molar-refractivity contribution >= 4 is 34.9 Å². The quantitative estimate of drug-likeness (QED) is 0.480. The Bertz CT molecular complexity index is 1280. The van der Waals surface area contributed by atoms with Crippen LogP contribution in [0.4, 0.5) is 4.79 Å². The molecule has 0 aliphatic carbocycles. The zero-order chi connectivity index (χ0) is 24.9. The van der Waals surface area contributed by atoms with E-state index in [4.69, 9.17) is 4.74 Å². The molecule has 3 amide bonds. The summed E-state index contributed by atoms with van der Waals surface area (Å²) >= 11 is 0.892. The summed E-state index contributed by atoms with van der Waals surface area (Å²) in [6.07, 6.45) is 1.68. The number of rotatable bonds is 8. The molecule has 1 aromatic heterocycles. The fourth-order valence-electron chi connectivity index (χ4n) is 3.85. The standard InChI is InChI=1S/C26H26N4O4S/c1-17-23(18(2)30(28-17)16-20-7-5-4-6-8-20)24(31)27-13-14-29-25(32)22(35-26(29)33)15-19-9-11-21(34-3)12-10-19/h4-12,15H,13-14,16H2,1-3H3,(H,27,31). The third-order valence-corrected chi connectivity index (χ3v) is 6.60. The predicted octanol–water partition coefficient (Wildman–Crippen LogP) is 4.02. The van der Waals surface area contributed by atoms with Crippen molar-refractivity contribution in [2.45, 2.75) is 20.4 Å². The fraction of sp³-hybridized carbons (Fsp3) is 0.231. The van der Waals surface area contributed by atoms with E-state index in [9.17, 15) is 14.4 Å². The number of nitrogens with zero attached hydrogens (tertiary/aromatic N) is 3. The summed E-state index contributed by atoms with van der Waals surface area (Å²) in [5.74, 6) is 0.0650. The summed E-state index contributed by atoms with van der Waals surface area (Å²) < 4.78 is 6.94. The number of benzene rings is 2. The Morgan fingerprint density at radius 3 is 2.49 bits per heavy atom. The molecule has 0 spiro atoms. The van der Waals surface area contributed by atoms with Gasteiger partial charge >= 0.3 is 0 Å². The number of thioether (sulfide) groups is 1. The van der Waals surface area contributed by atoms with E-state index in [2.05, 4.69) is 10.4 Å². The number of nitrogens with one attached hydrogen (secondary N) is 1. The largest absolute Gasteiger partial charge is 0.497 e. The van der Waals surface area contributed by atoms with Crippen LogP contribution in [0, 0.1) is 13.8 Å². The van der Waals surface area contributed by atoms with Crippen molar-refractivity contribution in [1.29, 1.82) is 0 Å². The predicted molar refractivity (Wildman–Crippen MR) is 135 cm³/mol. The van der Waals surface area contributed by atoms with Crippen LogP contribution in [0.15, 0.2) is 59.5 Å². The number of hydrogen-bond acceptors (Lipinski definition) is 6. The second kappa shape index (κ2) is 10.6. The smallest absolute Gasteiger partial charge is 0.293 e. The lowest BCUT2D eigenvalue weighted by atomic mass is 10.1. The van der Waals surface area contributed by atoms with Crippen molar-refractivity contribution in [1.82, 2.24) is 20.0 Å². The van der Waals surface area contributed by atoms with Crippen molar-refractivity contribution in [3.8, 4) is 5.75 Å². The fourth-order valence-corrected chi connectivity index (χ4v) is 4.71. The first-order chi connectivity index (χ1) is 16.9. The summed E-state index contributed by atoms with van der Waals surface area (Å²) in [4.78, 5) is 39.5. The van der Waals surface area contributed by atoms with Gasteiger partial charge < -0.3 is 10.1 Å². The van der Waals surface area contributed by atoms with Crippen LogP contribution in [-0.4, -0.2) is 51.9 Å². The second-order valence-corrected chi connectivity index (χ2v) is 9.04. The molecule has 180 valence electrons. The lowest BCUT2D eigenvalue weighted by molar-refractivity contribution is -0.122. The number of hydrogen-bond donors (Lipinski definition) is 1. The van der Waals surface area contributed by atoms with E-state index in [1.54, 1.807) is 36.9 Å². The van der Waals surface area contributed by atoms with Gasteiger partial charge in [-0.05, 0) is 54.9 Å². The van der Waals surface area contributed by atoms with Crippen LogP contribution in [0.25, 0.3) is 6.08 Å². The van der Waals surface area contributed by atoms with Gasteiger partial charge in [0.15, 0.2) is 0 Å². The van der Waals surface area contributed by atoms with E-state index in [1.807, 2.05) is 49.4 Å². The van der Waals surface area contributed by atoms with Gasteiger partial charge in [0.05, 0.1) is 29.8 Å². The normalized spacial score (nSPS) is 14.6. The minimum absolute atomic E-state index is 0.0899. The number of carbonyl (C=O) groups excluding carboxylic acids is 3. The van der Waals surface area contributed by atoms with E-state index >= 15 is 0 Å². The molecule has 1 N–H and O–H groups in total. The molecule has 8 nitrogen and oxygen atoms in total. The molecule has 1 fully saturated rings. The SMILES string of the molecule is COc1ccc(C=C2SC(=O)N(CCNC(=O)c3c(C)nn(Cc4ccccc4)c3C)C2=O)cc1. The van der Waals surface area contributed by atoms with Crippen molar-refractivity contribution in [2.75, 3.05) is 20.2 Å². The van der Waals surface area contributed by atoms with Gasteiger partial charge in [0.2, 0.25) is 0 Å². The number of methoxy groups -OCH3 is 1. The minimum Gasteiger partial charge on any atom is -0.497 e. The first-order valence-corrected chi connectivity index (χ1v) is 11.9. The highest BCUT2D eigenvalue weighted by Crippen LogP contribution is 2.32. The zero-order valence-electron chi connectivity index (χ0n) is 19.8. The number of imide groups is 1. The molecule has 2 aromatic carbocycles. The highest BCUT2D eigenvalue weighted by Gasteiger charge is 2.34.